The number of ether oxygens (including phenoxy) is 2. The van der Waals surface area contributed by atoms with Gasteiger partial charge in [-0.25, -0.2) is 0 Å². The van der Waals surface area contributed by atoms with Crippen molar-refractivity contribution in [2.45, 2.75) is 6.04 Å². The maximum atomic E-state index is 13.1. The summed E-state index contributed by atoms with van der Waals surface area (Å²) in [5.74, 6) is -0.808. The maximum Gasteiger partial charge on any atom is 0.300 e. The van der Waals surface area contributed by atoms with Crippen LogP contribution in [0.1, 0.15) is 17.3 Å². The summed E-state index contributed by atoms with van der Waals surface area (Å²) in [6, 6.07) is 12.4. The van der Waals surface area contributed by atoms with Crippen LogP contribution in [0, 0.1) is 0 Å². The SMILES string of the molecule is O=C1C(=O)N(c2ccc3c(c2)OCO3)C(c2ccccn2)/C1=C(\O)c1ccncc1. The molecule has 1 atom stereocenters. The first-order valence-electron chi connectivity index (χ1n) is 9.17. The van der Waals surface area contributed by atoms with Crippen LogP contribution >= 0.6 is 0 Å². The van der Waals surface area contributed by atoms with Gasteiger partial charge in [0.25, 0.3) is 11.7 Å². The molecule has 4 heterocycles. The molecule has 30 heavy (non-hydrogen) atoms. The predicted octanol–water partition coefficient (Wildman–Crippen LogP) is 2.83. The number of carbonyl (C=O) groups is 2. The van der Waals surface area contributed by atoms with Crippen LogP contribution in [0.25, 0.3) is 5.76 Å². The van der Waals surface area contributed by atoms with E-state index < -0.39 is 17.7 Å². The van der Waals surface area contributed by atoms with Crippen molar-refractivity contribution in [2.24, 2.45) is 0 Å². The predicted molar refractivity (Wildman–Crippen MR) is 106 cm³/mol. The second-order valence-electron chi connectivity index (χ2n) is 6.70. The van der Waals surface area contributed by atoms with Gasteiger partial charge >= 0.3 is 0 Å². The zero-order valence-corrected chi connectivity index (χ0v) is 15.6. The van der Waals surface area contributed by atoms with Crippen LogP contribution in [0.5, 0.6) is 11.5 Å². The molecule has 0 saturated carbocycles. The van der Waals surface area contributed by atoms with E-state index in [4.69, 9.17) is 9.47 Å². The summed E-state index contributed by atoms with van der Waals surface area (Å²) in [5, 5.41) is 10.9. The summed E-state index contributed by atoms with van der Waals surface area (Å²) < 4.78 is 10.7. The van der Waals surface area contributed by atoms with Crippen molar-refractivity contribution in [1.82, 2.24) is 9.97 Å². The summed E-state index contributed by atoms with van der Waals surface area (Å²) in [7, 11) is 0. The minimum absolute atomic E-state index is 0.0393. The molecule has 1 N–H and O–H groups in total. The van der Waals surface area contributed by atoms with Crippen LogP contribution in [-0.4, -0.2) is 33.6 Å². The Kier molecular flexibility index (Phi) is 4.17. The van der Waals surface area contributed by atoms with E-state index >= 15 is 0 Å². The zero-order chi connectivity index (χ0) is 20.7. The number of benzene rings is 1. The van der Waals surface area contributed by atoms with E-state index in [1.165, 1.54) is 17.3 Å². The minimum atomic E-state index is -0.903. The number of fused-ring (bicyclic) bond motifs is 1. The van der Waals surface area contributed by atoms with Crippen LogP contribution < -0.4 is 14.4 Å². The maximum absolute atomic E-state index is 13.1. The zero-order valence-electron chi connectivity index (χ0n) is 15.6. The number of amides is 1. The van der Waals surface area contributed by atoms with Gasteiger partial charge in [-0.05, 0) is 36.4 Å². The second-order valence-corrected chi connectivity index (χ2v) is 6.70. The number of nitrogens with zero attached hydrogens (tertiary/aromatic N) is 3. The standard InChI is InChI=1S/C22H15N3O5/c26-20(13-6-9-23-10-7-13)18-19(15-3-1-2-8-24-15)25(22(28)21(18)27)14-4-5-16-17(11-14)30-12-29-16/h1-11,19,26H,12H2/b20-18+. The minimum Gasteiger partial charge on any atom is -0.507 e. The van der Waals surface area contributed by atoms with E-state index in [0.29, 0.717) is 28.4 Å². The van der Waals surface area contributed by atoms with Gasteiger partial charge in [0.05, 0.1) is 11.3 Å². The van der Waals surface area contributed by atoms with Crippen molar-refractivity contribution in [1.29, 1.82) is 0 Å². The number of ketones is 1. The van der Waals surface area contributed by atoms with Gasteiger partial charge in [-0.2, -0.15) is 0 Å². The van der Waals surface area contributed by atoms with Crippen molar-refractivity contribution in [3.63, 3.8) is 0 Å². The summed E-state index contributed by atoms with van der Waals surface area (Å²) in [4.78, 5) is 35.7. The van der Waals surface area contributed by atoms with E-state index in [1.807, 2.05) is 0 Å². The highest BCUT2D eigenvalue weighted by Gasteiger charge is 2.47. The number of rotatable bonds is 3. The highest BCUT2D eigenvalue weighted by Crippen LogP contribution is 2.44. The fraction of sp³-hybridized carbons (Fsp3) is 0.0909. The molecule has 1 unspecified atom stereocenters. The van der Waals surface area contributed by atoms with Gasteiger partial charge in [0.2, 0.25) is 6.79 Å². The molecule has 2 aromatic heterocycles. The molecular formula is C22H15N3O5. The highest BCUT2D eigenvalue weighted by atomic mass is 16.7. The summed E-state index contributed by atoms with van der Waals surface area (Å²) in [5.41, 5.74) is 1.23. The number of pyridine rings is 2. The van der Waals surface area contributed by atoms with Crippen LogP contribution in [0.2, 0.25) is 0 Å². The van der Waals surface area contributed by atoms with Crippen molar-refractivity contribution in [3.05, 3.63) is 84.0 Å². The molecule has 8 nitrogen and oxygen atoms in total. The number of aromatic nitrogens is 2. The normalized spacial score (nSPS) is 19.3. The van der Waals surface area contributed by atoms with Gasteiger partial charge < -0.3 is 14.6 Å². The Bertz CT molecular complexity index is 1180. The Labute approximate surface area is 171 Å². The Morgan fingerprint density at radius 3 is 2.57 bits per heavy atom. The molecule has 0 aliphatic carbocycles. The molecule has 1 amide bonds. The van der Waals surface area contributed by atoms with Gasteiger partial charge in [0, 0.05) is 35.9 Å². The molecule has 148 valence electrons. The van der Waals surface area contributed by atoms with Crippen molar-refractivity contribution < 1.29 is 24.2 Å². The molecule has 1 aromatic carbocycles. The molecule has 5 rings (SSSR count). The monoisotopic (exact) mass is 401 g/mol. The molecule has 8 heteroatoms. The third-order valence-corrected chi connectivity index (χ3v) is 5.00. The molecule has 1 fully saturated rings. The van der Waals surface area contributed by atoms with Gasteiger partial charge in [0.15, 0.2) is 11.5 Å². The first-order valence-corrected chi connectivity index (χ1v) is 9.17. The lowest BCUT2D eigenvalue weighted by Crippen LogP contribution is -2.29. The van der Waals surface area contributed by atoms with Crippen molar-refractivity contribution in [2.75, 3.05) is 11.7 Å². The number of aliphatic hydroxyl groups excluding tert-OH is 1. The highest BCUT2D eigenvalue weighted by molar-refractivity contribution is 6.51. The van der Waals surface area contributed by atoms with Crippen LogP contribution in [-0.2, 0) is 9.59 Å². The summed E-state index contributed by atoms with van der Waals surface area (Å²) >= 11 is 0. The number of anilines is 1. The first kappa shape index (κ1) is 17.9. The fourth-order valence-corrected chi connectivity index (χ4v) is 3.62. The van der Waals surface area contributed by atoms with E-state index in [1.54, 1.807) is 54.7 Å². The number of Topliss-reactive ketones (excluding diaryl/α,β-unsaturated/α-hetero) is 1. The average Bonchev–Trinajstić information content (AvgIpc) is 3.36. The van der Waals surface area contributed by atoms with E-state index in [-0.39, 0.29) is 18.1 Å². The van der Waals surface area contributed by atoms with E-state index in [2.05, 4.69) is 9.97 Å². The number of carbonyl (C=O) groups excluding carboxylic acids is 2. The van der Waals surface area contributed by atoms with Crippen LogP contribution in [0.15, 0.2) is 72.7 Å². The Hall–Kier alpha value is -4.20. The third kappa shape index (κ3) is 2.77. The van der Waals surface area contributed by atoms with Gasteiger partial charge in [-0.1, -0.05) is 6.07 Å². The molecule has 0 radical (unpaired) electrons. The van der Waals surface area contributed by atoms with Gasteiger partial charge in [-0.15, -0.1) is 0 Å². The van der Waals surface area contributed by atoms with Crippen molar-refractivity contribution in [3.8, 4) is 11.5 Å². The second kappa shape index (κ2) is 7.00. The summed E-state index contributed by atoms with van der Waals surface area (Å²) in [6.45, 7) is 0.0866. The lowest BCUT2D eigenvalue weighted by Gasteiger charge is -2.24. The van der Waals surface area contributed by atoms with Crippen molar-refractivity contribution >= 4 is 23.1 Å². The van der Waals surface area contributed by atoms with E-state index in [9.17, 15) is 14.7 Å². The Morgan fingerprint density at radius 1 is 1.00 bits per heavy atom. The Balaban J connectivity index is 1.71. The molecule has 1 saturated heterocycles. The third-order valence-electron chi connectivity index (χ3n) is 5.00. The molecule has 2 aliphatic heterocycles. The lowest BCUT2D eigenvalue weighted by molar-refractivity contribution is -0.132. The number of hydrogen-bond donors (Lipinski definition) is 1. The molecule has 3 aromatic rings. The summed E-state index contributed by atoms with van der Waals surface area (Å²) in [6.07, 6.45) is 4.57. The quantitative estimate of drug-likeness (QED) is 0.409. The molecular weight excluding hydrogens is 386 g/mol. The average molecular weight is 401 g/mol. The first-order chi connectivity index (χ1) is 14.6. The smallest absolute Gasteiger partial charge is 0.300 e. The van der Waals surface area contributed by atoms with Crippen LogP contribution in [0.3, 0.4) is 0 Å². The largest absolute Gasteiger partial charge is 0.507 e. The number of hydrogen-bond acceptors (Lipinski definition) is 7. The number of aliphatic hydroxyl groups is 1. The van der Waals surface area contributed by atoms with E-state index in [0.717, 1.165) is 0 Å². The Morgan fingerprint density at radius 2 is 1.80 bits per heavy atom. The molecule has 0 spiro atoms. The molecule has 0 bridgehead atoms. The molecule has 2 aliphatic rings. The van der Waals surface area contributed by atoms with Crippen LogP contribution in [0.4, 0.5) is 5.69 Å². The fourth-order valence-electron chi connectivity index (χ4n) is 3.62. The van der Waals surface area contributed by atoms with Gasteiger partial charge in [-0.3, -0.25) is 24.5 Å². The van der Waals surface area contributed by atoms with Gasteiger partial charge in [0.1, 0.15) is 11.8 Å². The topological polar surface area (TPSA) is 102 Å². The lowest BCUT2D eigenvalue weighted by atomic mass is 9.98.